The van der Waals surface area contributed by atoms with Crippen LogP contribution in [-0.4, -0.2) is 17.8 Å². The van der Waals surface area contributed by atoms with Gasteiger partial charge in [0.1, 0.15) is 11.4 Å². The van der Waals surface area contributed by atoms with Gasteiger partial charge in [0.05, 0.1) is 14.1 Å². The summed E-state index contributed by atoms with van der Waals surface area (Å²) in [5.41, 5.74) is 2.66. The van der Waals surface area contributed by atoms with Crippen molar-refractivity contribution < 1.29 is 19.2 Å². The van der Waals surface area contributed by atoms with Crippen LogP contribution in [0.5, 0.6) is 0 Å². The van der Waals surface area contributed by atoms with Gasteiger partial charge in [-0.25, -0.2) is 9.13 Å². The molecular formula is C9H16N2O3. The lowest BCUT2D eigenvalue weighted by atomic mass is 10.4. The van der Waals surface area contributed by atoms with Gasteiger partial charge in [-0.2, -0.15) is 0 Å². The molecule has 0 bridgehead atoms. The normalized spacial score (nSPS) is 8.93. The molecule has 0 amide bonds. The molecule has 80 valence electrons. The third-order valence-corrected chi connectivity index (χ3v) is 2.09. The lowest BCUT2D eigenvalue weighted by molar-refractivity contribution is -0.677. The summed E-state index contributed by atoms with van der Waals surface area (Å²) in [5, 5.41) is 9.03. The van der Waals surface area contributed by atoms with Crippen molar-refractivity contribution in [1.82, 2.24) is 4.57 Å². The Labute approximate surface area is 83.5 Å². The first kappa shape index (κ1) is 12.5. The lowest BCUT2D eigenvalue weighted by Crippen LogP contribution is -2.28. The molecule has 5 nitrogen and oxygen atoms in total. The number of hydrogen-bond acceptors (Lipinski definition) is 3. The number of carbonyl (C=O) groups excluding carboxylic acids is 1. The first-order valence-corrected chi connectivity index (χ1v) is 4.13. The summed E-state index contributed by atoms with van der Waals surface area (Å²) in [5.74, 6) is 0. The van der Waals surface area contributed by atoms with E-state index in [-0.39, 0.29) is 0 Å². The number of ether oxygens (including phenoxy) is 1. The Hall–Kier alpha value is -1.52. The highest BCUT2D eigenvalue weighted by atomic mass is 16.6. The van der Waals surface area contributed by atoms with Crippen LogP contribution in [0.15, 0.2) is 6.33 Å². The van der Waals surface area contributed by atoms with Crippen molar-refractivity contribution in [3.05, 3.63) is 17.7 Å². The molecule has 0 aliphatic rings. The van der Waals surface area contributed by atoms with Crippen LogP contribution in [0.25, 0.3) is 0 Å². The SMILES string of the molecule is COC(=O)[O-].Cc1c(C)[n+](C)cn1C. The van der Waals surface area contributed by atoms with E-state index in [4.69, 9.17) is 9.90 Å². The number of rotatable bonds is 0. The zero-order chi connectivity index (χ0) is 11.3. The largest absolute Gasteiger partial charge is 0.553 e. The summed E-state index contributed by atoms with van der Waals surface area (Å²) in [6.07, 6.45) is 0.579. The van der Waals surface area contributed by atoms with Crippen molar-refractivity contribution in [2.24, 2.45) is 14.1 Å². The molecule has 1 heterocycles. The highest BCUT2D eigenvalue weighted by Gasteiger charge is 2.07. The van der Waals surface area contributed by atoms with Crippen LogP contribution in [-0.2, 0) is 18.8 Å². The Balaban J connectivity index is 0.000000292. The Morgan fingerprint density at radius 3 is 2.07 bits per heavy atom. The van der Waals surface area contributed by atoms with Crippen molar-refractivity contribution >= 4 is 6.16 Å². The molecule has 0 aromatic carbocycles. The van der Waals surface area contributed by atoms with Crippen LogP contribution in [0.2, 0.25) is 0 Å². The smallest absolute Gasteiger partial charge is 0.251 e. The van der Waals surface area contributed by atoms with Gasteiger partial charge in [-0.1, -0.05) is 0 Å². The number of hydrogen-bond donors (Lipinski definition) is 0. The first-order valence-electron chi connectivity index (χ1n) is 4.13. The number of carbonyl (C=O) groups is 1. The standard InChI is InChI=1S/C7H13N2.C2H4O3/c1-6-7(2)9(4)5-8(6)3;1-5-2(3)4/h5H,1-4H3;1H3,(H,3,4)/q+1;/p-1. The lowest BCUT2D eigenvalue weighted by Gasteiger charge is -1.92. The molecule has 1 rings (SSSR count). The quantitative estimate of drug-likeness (QED) is 0.417. The summed E-state index contributed by atoms with van der Waals surface area (Å²) < 4.78 is 7.80. The summed E-state index contributed by atoms with van der Waals surface area (Å²) in [6, 6.07) is 0. The monoisotopic (exact) mass is 200 g/mol. The van der Waals surface area contributed by atoms with E-state index in [0.29, 0.717) is 0 Å². The van der Waals surface area contributed by atoms with E-state index in [1.807, 2.05) is 0 Å². The number of carboxylic acid groups (broad SMARTS) is 1. The van der Waals surface area contributed by atoms with Crippen LogP contribution in [0, 0.1) is 13.8 Å². The molecule has 0 aliphatic heterocycles. The molecule has 0 saturated heterocycles. The molecule has 0 unspecified atom stereocenters. The third kappa shape index (κ3) is 3.47. The second kappa shape index (κ2) is 5.26. The number of methoxy groups -OCH3 is 1. The van der Waals surface area contributed by atoms with Crippen LogP contribution in [0.4, 0.5) is 4.79 Å². The van der Waals surface area contributed by atoms with E-state index < -0.39 is 6.16 Å². The van der Waals surface area contributed by atoms with E-state index in [1.54, 1.807) is 0 Å². The minimum absolute atomic E-state index is 1.04. The first-order chi connectivity index (χ1) is 6.40. The fourth-order valence-corrected chi connectivity index (χ4v) is 0.943. The number of aryl methyl sites for hydroxylation is 2. The topological polar surface area (TPSA) is 58.2 Å². The molecule has 0 spiro atoms. The number of nitrogens with zero attached hydrogens (tertiary/aromatic N) is 2. The van der Waals surface area contributed by atoms with Crippen LogP contribution < -0.4 is 9.67 Å². The molecule has 5 heteroatoms. The minimum atomic E-state index is -1.50. The van der Waals surface area contributed by atoms with E-state index in [1.165, 1.54) is 11.4 Å². The Morgan fingerprint density at radius 1 is 1.57 bits per heavy atom. The van der Waals surface area contributed by atoms with Gasteiger partial charge in [0.2, 0.25) is 6.33 Å². The fraction of sp³-hybridized carbons (Fsp3) is 0.556. The van der Waals surface area contributed by atoms with Gasteiger partial charge in [0.15, 0.2) is 0 Å². The third-order valence-electron chi connectivity index (χ3n) is 2.09. The second-order valence-electron chi connectivity index (χ2n) is 2.96. The fourth-order valence-electron chi connectivity index (χ4n) is 0.943. The summed E-state index contributed by atoms with van der Waals surface area (Å²) in [4.78, 5) is 9.03. The summed E-state index contributed by atoms with van der Waals surface area (Å²) in [6.45, 7) is 4.24. The molecule has 0 radical (unpaired) electrons. The van der Waals surface area contributed by atoms with Gasteiger partial charge >= 0.3 is 0 Å². The second-order valence-corrected chi connectivity index (χ2v) is 2.96. The molecule has 0 atom stereocenters. The van der Waals surface area contributed by atoms with E-state index >= 15 is 0 Å². The van der Waals surface area contributed by atoms with Gasteiger partial charge in [-0.05, 0) is 0 Å². The molecule has 0 fully saturated rings. The number of aromatic nitrogens is 2. The Bertz CT molecular complexity index is 296. The maximum Gasteiger partial charge on any atom is 0.251 e. The van der Waals surface area contributed by atoms with Crippen molar-refractivity contribution in [2.75, 3.05) is 7.11 Å². The van der Waals surface area contributed by atoms with E-state index in [0.717, 1.165) is 7.11 Å². The average molecular weight is 200 g/mol. The molecule has 0 saturated carbocycles. The highest BCUT2D eigenvalue weighted by molar-refractivity contribution is 5.53. The highest BCUT2D eigenvalue weighted by Crippen LogP contribution is 1.97. The van der Waals surface area contributed by atoms with Gasteiger partial charge in [0.25, 0.3) is 6.16 Å². The van der Waals surface area contributed by atoms with Gasteiger partial charge in [-0.3, -0.25) is 0 Å². The zero-order valence-electron chi connectivity index (χ0n) is 9.20. The molecule has 14 heavy (non-hydrogen) atoms. The Morgan fingerprint density at radius 2 is 2.00 bits per heavy atom. The van der Waals surface area contributed by atoms with Crippen molar-refractivity contribution in [3.8, 4) is 0 Å². The molecule has 1 aromatic rings. The maximum atomic E-state index is 9.03. The van der Waals surface area contributed by atoms with E-state index in [2.05, 4.69) is 48.1 Å². The predicted octanol–water partition coefficient (Wildman–Crippen LogP) is -0.557. The summed E-state index contributed by atoms with van der Waals surface area (Å²) in [7, 11) is 5.15. The van der Waals surface area contributed by atoms with E-state index in [9.17, 15) is 0 Å². The van der Waals surface area contributed by atoms with Gasteiger partial charge < -0.3 is 14.6 Å². The van der Waals surface area contributed by atoms with Crippen molar-refractivity contribution in [1.29, 1.82) is 0 Å². The summed E-state index contributed by atoms with van der Waals surface area (Å²) >= 11 is 0. The predicted molar refractivity (Wildman–Crippen MR) is 48.5 cm³/mol. The number of imidazole rings is 1. The zero-order valence-corrected chi connectivity index (χ0v) is 9.20. The molecular weight excluding hydrogens is 184 g/mol. The molecule has 0 aliphatic carbocycles. The molecule has 0 N–H and O–H groups in total. The van der Waals surface area contributed by atoms with Gasteiger partial charge in [-0.15, -0.1) is 0 Å². The molecule has 1 aromatic heterocycles. The van der Waals surface area contributed by atoms with Crippen LogP contribution in [0.3, 0.4) is 0 Å². The van der Waals surface area contributed by atoms with Crippen LogP contribution in [0.1, 0.15) is 11.4 Å². The van der Waals surface area contributed by atoms with Crippen molar-refractivity contribution in [2.45, 2.75) is 13.8 Å². The van der Waals surface area contributed by atoms with Crippen molar-refractivity contribution in [3.63, 3.8) is 0 Å². The van der Waals surface area contributed by atoms with Gasteiger partial charge in [0, 0.05) is 21.0 Å². The van der Waals surface area contributed by atoms with Crippen LogP contribution >= 0.6 is 0 Å². The average Bonchev–Trinajstić information content (AvgIpc) is 2.34. The minimum Gasteiger partial charge on any atom is -0.553 e. The Kier molecular flexibility index (Phi) is 4.69. The maximum absolute atomic E-state index is 9.03.